The molecule has 0 N–H and O–H groups in total. The Morgan fingerprint density at radius 1 is 0.667 bits per heavy atom. The van der Waals surface area contributed by atoms with Crippen molar-refractivity contribution < 1.29 is 0 Å². The summed E-state index contributed by atoms with van der Waals surface area (Å²) in [4.78, 5) is 0. The normalized spacial score (nSPS) is 18.3. The predicted octanol–water partition coefficient (Wildman–Crippen LogP) is 6.80. The van der Waals surface area contributed by atoms with E-state index in [1.807, 2.05) is 0 Å². The van der Waals surface area contributed by atoms with Gasteiger partial charge in [-0.3, -0.25) is 0 Å². The van der Waals surface area contributed by atoms with Gasteiger partial charge in [-0.2, -0.15) is 0 Å². The zero-order valence-corrected chi connectivity index (χ0v) is 15.0. The molecule has 0 aliphatic carbocycles. The third kappa shape index (κ3) is 7.33. The van der Waals surface area contributed by atoms with Crippen molar-refractivity contribution in [2.24, 2.45) is 11.8 Å². The van der Waals surface area contributed by atoms with Crippen LogP contribution in [0.3, 0.4) is 0 Å². The predicted molar refractivity (Wildman–Crippen MR) is 91.5 cm³/mol. The van der Waals surface area contributed by atoms with Crippen LogP contribution >= 0.6 is 21.6 Å². The summed E-state index contributed by atoms with van der Waals surface area (Å²) in [5.41, 5.74) is 0. The molecule has 0 fully saturated rings. The Labute approximate surface area is 124 Å². The Bertz CT molecular complexity index is 162. The van der Waals surface area contributed by atoms with Gasteiger partial charge < -0.3 is 0 Å². The smallest absolute Gasteiger partial charge is 0.0174 e. The van der Waals surface area contributed by atoms with Crippen molar-refractivity contribution in [3.63, 3.8) is 0 Å². The van der Waals surface area contributed by atoms with Crippen molar-refractivity contribution in [2.75, 3.05) is 0 Å². The van der Waals surface area contributed by atoms with Crippen LogP contribution in [0.5, 0.6) is 0 Å². The molecular formula is C16H34S2. The highest BCUT2D eigenvalue weighted by Crippen LogP contribution is 2.41. The summed E-state index contributed by atoms with van der Waals surface area (Å²) < 4.78 is 0. The molecule has 0 radical (unpaired) electrons. The minimum absolute atomic E-state index is 0.845. The third-order valence-corrected chi connectivity index (χ3v) is 7.88. The van der Waals surface area contributed by atoms with E-state index in [1.54, 1.807) is 0 Å². The fraction of sp³-hybridized carbons (Fsp3) is 1.00. The van der Waals surface area contributed by atoms with Crippen molar-refractivity contribution in [1.29, 1.82) is 0 Å². The standard InChI is InChI=1S/C16H34S2/c1-7-11-13(5)15(9-3)17-18-16(10-4)14(6)12-8-2/h13-16H,7-12H2,1-6H3. The molecule has 0 aliphatic rings. The first-order valence-electron chi connectivity index (χ1n) is 7.92. The molecule has 0 rings (SSSR count). The van der Waals surface area contributed by atoms with Crippen molar-refractivity contribution >= 4 is 21.6 Å². The summed E-state index contributed by atoms with van der Waals surface area (Å²) in [5.74, 6) is 1.74. The molecule has 4 atom stereocenters. The van der Waals surface area contributed by atoms with Gasteiger partial charge >= 0.3 is 0 Å². The minimum Gasteiger partial charge on any atom is -0.0902 e. The molecule has 0 aliphatic heterocycles. The molecule has 2 heteroatoms. The van der Waals surface area contributed by atoms with Gasteiger partial charge in [0.05, 0.1) is 0 Å². The maximum Gasteiger partial charge on any atom is 0.0174 e. The van der Waals surface area contributed by atoms with Gasteiger partial charge in [0, 0.05) is 10.5 Å². The van der Waals surface area contributed by atoms with E-state index in [-0.39, 0.29) is 0 Å². The second kappa shape index (κ2) is 11.5. The third-order valence-electron chi connectivity index (χ3n) is 3.86. The van der Waals surface area contributed by atoms with Crippen molar-refractivity contribution in [2.45, 2.75) is 90.6 Å². The van der Waals surface area contributed by atoms with E-state index >= 15 is 0 Å². The van der Waals surface area contributed by atoms with E-state index in [1.165, 1.54) is 38.5 Å². The molecule has 0 amide bonds. The summed E-state index contributed by atoms with van der Waals surface area (Å²) in [6, 6.07) is 0. The van der Waals surface area contributed by atoms with Crippen molar-refractivity contribution in [3.05, 3.63) is 0 Å². The first-order chi connectivity index (χ1) is 8.60. The fourth-order valence-corrected chi connectivity index (χ4v) is 6.58. The van der Waals surface area contributed by atoms with Crippen LogP contribution in [-0.4, -0.2) is 10.5 Å². The lowest BCUT2D eigenvalue weighted by atomic mass is 10.0. The maximum atomic E-state index is 2.43. The molecule has 110 valence electrons. The molecule has 0 bridgehead atoms. The summed E-state index contributed by atoms with van der Waals surface area (Å²) in [5, 5.41) is 1.69. The van der Waals surface area contributed by atoms with Gasteiger partial charge in [0.15, 0.2) is 0 Å². The summed E-state index contributed by atoms with van der Waals surface area (Å²) >= 11 is 0. The first-order valence-corrected chi connectivity index (χ1v) is 10.2. The lowest BCUT2D eigenvalue weighted by Gasteiger charge is -2.26. The van der Waals surface area contributed by atoms with Crippen LogP contribution in [0.15, 0.2) is 0 Å². The Morgan fingerprint density at radius 3 is 1.22 bits per heavy atom. The molecule has 0 nitrogen and oxygen atoms in total. The van der Waals surface area contributed by atoms with E-state index < -0.39 is 0 Å². The van der Waals surface area contributed by atoms with Gasteiger partial charge in [0.25, 0.3) is 0 Å². The van der Waals surface area contributed by atoms with Gasteiger partial charge in [-0.1, -0.05) is 76.0 Å². The summed E-state index contributed by atoms with van der Waals surface area (Å²) in [6.07, 6.45) is 8.05. The molecule has 0 aromatic carbocycles. The average molecular weight is 291 g/mol. The van der Waals surface area contributed by atoms with Crippen LogP contribution in [-0.2, 0) is 0 Å². The summed E-state index contributed by atoms with van der Waals surface area (Å²) in [7, 11) is 4.35. The van der Waals surface area contributed by atoms with Crippen LogP contribution in [0.2, 0.25) is 0 Å². The Balaban J connectivity index is 4.14. The molecule has 0 aromatic heterocycles. The Kier molecular flexibility index (Phi) is 12.0. The molecule has 0 heterocycles. The van der Waals surface area contributed by atoms with Gasteiger partial charge in [0.2, 0.25) is 0 Å². The second-order valence-corrected chi connectivity index (χ2v) is 8.37. The Hall–Kier alpha value is 0.700. The van der Waals surface area contributed by atoms with Gasteiger partial charge in [-0.05, 0) is 37.5 Å². The molecule has 18 heavy (non-hydrogen) atoms. The highest BCUT2D eigenvalue weighted by Gasteiger charge is 2.20. The van der Waals surface area contributed by atoms with E-state index in [2.05, 4.69) is 63.1 Å². The van der Waals surface area contributed by atoms with E-state index in [9.17, 15) is 0 Å². The zero-order valence-electron chi connectivity index (χ0n) is 13.4. The van der Waals surface area contributed by atoms with Crippen molar-refractivity contribution in [3.8, 4) is 0 Å². The van der Waals surface area contributed by atoms with Crippen molar-refractivity contribution in [1.82, 2.24) is 0 Å². The zero-order chi connectivity index (χ0) is 14.0. The van der Waals surface area contributed by atoms with E-state index in [4.69, 9.17) is 0 Å². The summed E-state index contributed by atoms with van der Waals surface area (Å²) in [6.45, 7) is 14.2. The van der Waals surface area contributed by atoms with E-state index in [0.717, 1.165) is 22.3 Å². The van der Waals surface area contributed by atoms with Gasteiger partial charge in [0.1, 0.15) is 0 Å². The molecular weight excluding hydrogens is 256 g/mol. The SMILES string of the molecule is CCCC(C)C(CC)SSC(CC)C(C)CCC. The lowest BCUT2D eigenvalue weighted by molar-refractivity contribution is 0.492. The molecule has 0 saturated carbocycles. The van der Waals surface area contributed by atoms with E-state index in [0.29, 0.717) is 0 Å². The number of rotatable bonds is 11. The maximum absolute atomic E-state index is 2.43. The largest absolute Gasteiger partial charge is 0.0902 e. The average Bonchev–Trinajstić information content (AvgIpc) is 2.35. The lowest BCUT2D eigenvalue weighted by Crippen LogP contribution is -2.16. The van der Waals surface area contributed by atoms with Crippen LogP contribution in [0, 0.1) is 11.8 Å². The molecule has 0 spiro atoms. The highest BCUT2D eigenvalue weighted by atomic mass is 33.1. The van der Waals surface area contributed by atoms with Crippen LogP contribution in [0.4, 0.5) is 0 Å². The quantitative estimate of drug-likeness (QED) is 0.384. The van der Waals surface area contributed by atoms with Crippen LogP contribution in [0.25, 0.3) is 0 Å². The topological polar surface area (TPSA) is 0 Å². The molecule has 0 aromatic rings. The van der Waals surface area contributed by atoms with Gasteiger partial charge in [-0.15, -0.1) is 0 Å². The second-order valence-electron chi connectivity index (χ2n) is 5.62. The first kappa shape index (κ1) is 18.7. The molecule has 4 unspecified atom stereocenters. The monoisotopic (exact) mass is 290 g/mol. The highest BCUT2D eigenvalue weighted by molar-refractivity contribution is 8.77. The van der Waals surface area contributed by atoms with Gasteiger partial charge in [-0.25, -0.2) is 0 Å². The fourth-order valence-electron chi connectivity index (χ4n) is 2.56. The Morgan fingerprint density at radius 2 is 1.00 bits per heavy atom. The number of hydrogen-bond donors (Lipinski definition) is 0. The molecule has 0 saturated heterocycles. The number of hydrogen-bond acceptors (Lipinski definition) is 2. The van der Waals surface area contributed by atoms with Crippen LogP contribution < -0.4 is 0 Å². The minimum atomic E-state index is 0.845. The van der Waals surface area contributed by atoms with Crippen LogP contribution in [0.1, 0.15) is 80.1 Å².